The second-order valence-corrected chi connectivity index (χ2v) is 6.94. The summed E-state index contributed by atoms with van der Waals surface area (Å²) < 4.78 is 17.5. The Hall–Kier alpha value is -1.94. The van der Waals surface area contributed by atoms with E-state index in [4.69, 9.17) is 14.2 Å². The van der Waals surface area contributed by atoms with Gasteiger partial charge in [0.05, 0.1) is 25.4 Å². The van der Waals surface area contributed by atoms with Gasteiger partial charge in [0.1, 0.15) is 0 Å². The predicted octanol–water partition coefficient (Wildman–Crippen LogP) is 5.14. The van der Waals surface area contributed by atoms with Crippen molar-refractivity contribution < 1.29 is 14.2 Å². The molecule has 26 heavy (non-hydrogen) atoms. The van der Waals surface area contributed by atoms with Crippen molar-refractivity contribution in [2.24, 2.45) is 0 Å². The van der Waals surface area contributed by atoms with Crippen LogP contribution in [0.15, 0.2) is 66.7 Å². The van der Waals surface area contributed by atoms with Crippen molar-refractivity contribution in [1.29, 1.82) is 0 Å². The lowest BCUT2D eigenvalue weighted by Crippen LogP contribution is -2.21. The fourth-order valence-electron chi connectivity index (χ4n) is 3.73. The van der Waals surface area contributed by atoms with Crippen LogP contribution in [0.4, 0.5) is 0 Å². The Morgan fingerprint density at radius 2 is 1.50 bits per heavy atom. The van der Waals surface area contributed by atoms with E-state index >= 15 is 0 Å². The molecule has 0 amide bonds. The van der Waals surface area contributed by atoms with Crippen molar-refractivity contribution in [3.8, 4) is 0 Å². The molecule has 0 aliphatic carbocycles. The van der Waals surface area contributed by atoms with Gasteiger partial charge in [-0.2, -0.15) is 0 Å². The fraction of sp³-hybridized carbons (Fsp3) is 0.391. The Morgan fingerprint density at radius 3 is 2.23 bits per heavy atom. The van der Waals surface area contributed by atoms with Crippen LogP contribution in [-0.4, -0.2) is 25.6 Å². The van der Waals surface area contributed by atoms with Gasteiger partial charge in [-0.1, -0.05) is 66.7 Å². The van der Waals surface area contributed by atoms with Crippen molar-refractivity contribution >= 4 is 5.57 Å². The van der Waals surface area contributed by atoms with Gasteiger partial charge >= 0.3 is 0 Å². The van der Waals surface area contributed by atoms with Crippen LogP contribution in [0.25, 0.3) is 5.57 Å². The van der Waals surface area contributed by atoms with Gasteiger partial charge in [-0.05, 0) is 36.0 Å². The molecule has 0 N–H and O–H groups in total. The molecule has 2 aliphatic heterocycles. The first kappa shape index (κ1) is 17.5. The van der Waals surface area contributed by atoms with Crippen LogP contribution in [0.3, 0.4) is 0 Å². The molecule has 0 spiro atoms. The molecule has 3 heteroatoms. The highest BCUT2D eigenvalue weighted by Gasteiger charge is 2.25. The summed E-state index contributed by atoms with van der Waals surface area (Å²) in [5.41, 5.74) is 3.93. The zero-order chi connectivity index (χ0) is 17.6. The predicted molar refractivity (Wildman–Crippen MR) is 103 cm³/mol. The molecule has 2 aromatic carbocycles. The number of ether oxygens (including phenoxy) is 3. The summed E-state index contributed by atoms with van der Waals surface area (Å²) in [7, 11) is 0. The highest BCUT2D eigenvalue weighted by atomic mass is 16.7. The smallest absolute Gasteiger partial charge is 0.157 e. The number of hydrogen-bond donors (Lipinski definition) is 0. The highest BCUT2D eigenvalue weighted by molar-refractivity contribution is 5.67. The number of rotatable bonds is 6. The third-order valence-electron chi connectivity index (χ3n) is 5.07. The molecule has 2 aromatic rings. The molecule has 1 saturated heterocycles. The maximum Gasteiger partial charge on any atom is 0.157 e. The largest absolute Gasteiger partial charge is 0.366 e. The molecule has 0 aromatic heterocycles. The molecule has 136 valence electrons. The fourth-order valence-corrected chi connectivity index (χ4v) is 3.73. The third kappa shape index (κ3) is 4.42. The van der Waals surface area contributed by atoms with Crippen molar-refractivity contribution in [1.82, 2.24) is 0 Å². The van der Waals surface area contributed by atoms with Gasteiger partial charge in [0.25, 0.3) is 0 Å². The monoisotopic (exact) mass is 350 g/mol. The Kier molecular flexibility index (Phi) is 5.80. The second-order valence-electron chi connectivity index (χ2n) is 6.94. The summed E-state index contributed by atoms with van der Waals surface area (Å²) in [4.78, 5) is 0. The van der Waals surface area contributed by atoms with E-state index in [9.17, 15) is 0 Å². The zero-order valence-corrected chi connectivity index (χ0v) is 15.1. The summed E-state index contributed by atoms with van der Waals surface area (Å²) in [6.07, 6.45) is 6.40. The molecule has 3 nitrogen and oxygen atoms in total. The van der Waals surface area contributed by atoms with Crippen LogP contribution in [0, 0.1) is 0 Å². The summed E-state index contributed by atoms with van der Waals surface area (Å²) in [5, 5.41) is 0. The first-order valence-electron chi connectivity index (χ1n) is 9.58. The van der Waals surface area contributed by atoms with E-state index in [1.165, 1.54) is 16.7 Å². The van der Waals surface area contributed by atoms with Gasteiger partial charge in [0, 0.05) is 6.42 Å². The van der Waals surface area contributed by atoms with Gasteiger partial charge < -0.3 is 14.2 Å². The summed E-state index contributed by atoms with van der Waals surface area (Å²) >= 11 is 0. The molecular formula is C23H26O3. The van der Waals surface area contributed by atoms with E-state index in [0.29, 0.717) is 0 Å². The van der Waals surface area contributed by atoms with E-state index < -0.39 is 0 Å². The Labute approximate surface area is 155 Å². The van der Waals surface area contributed by atoms with Gasteiger partial charge in [-0.25, -0.2) is 0 Å². The summed E-state index contributed by atoms with van der Waals surface area (Å²) in [5.74, 6) is 0. The van der Waals surface area contributed by atoms with E-state index in [1.54, 1.807) is 0 Å². The normalized spacial score (nSPS) is 23.8. The van der Waals surface area contributed by atoms with Gasteiger partial charge in [-0.15, -0.1) is 0 Å². The van der Waals surface area contributed by atoms with Crippen molar-refractivity contribution in [2.45, 2.75) is 44.2 Å². The maximum absolute atomic E-state index is 6.43. The third-order valence-corrected chi connectivity index (χ3v) is 5.07. The molecule has 2 aliphatic rings. The first-order chi connectivity index (χ1) is 12.9. The van der Waals surface area contributed by atoms with Crippen molar-refractivity contribution in [3.05, 3.63) is 77.9 Å². The van der Waals surface area contributed by atoms with E-state index in [1.807, 2.05) is 0 Å². The molecule has 2 heterocycles. The average Bonchev–Trinajstić information content (AvgIpc) is 3.23. The van der Waals surface area contributed by atoms with Crippen LogP contribution in [-0.2, 0) is 14.2 Å². The topological polar surface area (TPSA) is 27.7 Å². The quantitative estimate of drug-likeness (QED) is 0.722. The lowest BCUT2D eigenvalue weighted by atomic mass is 9.91. The zero-order valence-electron chi connectivity index (χ0n) is 15.1. The molecule has 4 rings (SSSR count). The Balaban J connectivity index is 1.47. The standard InChI is InChI=1S/C23H26O3/c1-3-8-18(9-4-1)20-16-21(12-7-13-23-24-14-15-25-23)26-22(17-20)19-10-5-2-6-11-19/h1-6,8-11,16,21-23H,7,12-15,17H2/t21-,22-/m0/s1. The summed E-state index contributed by atoms with van der Waals surface area (Å²) in [6, 6.07) is 21.2. The minimum absolute atomic E-state index is 0.0268. The average molecular weight is 350 g/mol. The second kappa shape index (κ2) is 8.63. The molecule has 1 fully saturated rings. The van der Waals surface area contributed by atoms with E-state index in [0.717, 1.165) is 38.9 Å². The minimum atomic E-state index is -0.0268. The van der Waals surface area contributed by atoms with Crippen LogP contribution >= 0.6 is 0 Å². The molecule has 0 radical (unpaired) electrons. The molecule has 2 atom stereocenters. The van der Waals surface area contributed by atoms with Crippen molar-refractivity contribution in [3.63, 3.8) is 0 Å². The number of benzene rings is 2. The van der Waals surface area contributed by atoms with E-state index in [2.05, 4.69) is 66.7 Å². The van der Waals surface area contributed by atoms with Crippen LogP contribution in [0.2, 0.25) is 0 Å². The highest BCUT2D eigenvalue weighted by Crippen LogP contribution is 2.37. The van der Waals surface area contributed by atoms with E-state index in [-0.39, 0.29) is 18.5 Å². The molecule has 0 unspecified atom stereocenters. The lowest BCUT2D eigenvalue weighted by Gasteiger charge is -2.30. The number of hydrogen-bond acceptors (Lipinski definition) is 3. The molecular weight excluding hydrogens is 324 g/mol. The van der Waals surface area contributed by atoms with Crippen molar-refractivity contribution in [2.75, 3.05) is 13.2 Å². The first-order valence-corrected chi connectivity index (χ1v) is 9.58. The minimum Gasteiger partial charge on any atom is -0.366 e. The van der Waals surface area contributed by atoms with Gasteiger partial charge in [0.15, 0.2) is 6.29 Å². The van der Waals surface area contributed by atoms with Crippen LogP contribution < -0.4 is 0 Å². The van der Waals surface area contributed by atoms with Gasteiger partial charge in [-0.3, -0.25) is 0 Å². The Morgan fingerprint density at radius 1 is 0.808 bits per heavy atom. The maximum atomic E-state index is 6.43. The summed E-state index contributed by atoms with van der Waals surface area (Å²) in [6.45, 7) is 1.44. The van der Waals surface area contributed by atoms with Crippen LogP contribution in [0.5, 0.6) is 0 Å². The van der Waals surface area contributed by atoms with Crippen LogP contribution in [0.1, 0.15) is 42.9 Å². The SMILES string of the molecule is C1=C(c2ccccc2)C[C@@H](c2ccccc2)O[C@H]1CCCC1OCCO1. The Bertz CT molecular complexity index is 705. The van der Waals surface area contributed by atoms with Gasteiger partial charge in [0.2, 0.25) is 0 Å². The molecule has 0 saturated carbocycles. The molecule has 0 bridgehead atoms. The lowest BCUT2D eigenvalue weighted by molar-refractivity contribution is -0.0522.